The maximum absolute atomic E-state index is 11.2. The summed E-state index contributed by atoms with van der Waals surface area (Å²) in [5, 5.41) is 0.234. The van der Waals surface area contributed by atoms with Gasteiger partial charge in [-0.2, -0.15) is 0 Å². The second-order valence-electron chi connectivity index (χ2n) is 6.39. The Morgan fingerprint density at radius 1 is 1.35 bits per heavy atom. The van der Waals surface area contributed by atoms with Crippen LogP contribution in [0.4, 0.5) is 0 Å². The molecule has 0 saturated carbocycles. The molecule has 1 unspecified atom stereocenters. The normalized spacial score (nSPS) is 14.6. The first kappa shape index (κ1) is 20.1. The first-order valence-corrected chi connectivity index (χ1v) is 11.6. The number of ether oxygens (including phenoxy) is 1. The summed E-state index contributed by atoms with van der Waals surface area (Å²) in [7, 11) is -1.70. The zero-order chi connectivity index (χ0) is 15.8. The smallest absolute Gasteiger partial charge is 0.330 e. The van der Waals surface area contributed by atoms with E-state index in [9.17, 15) is 4.79 Å². The van der Waals surface area contributed by atoms with Crippen LogP contribution >= 0.6 is 22.6 Å². The van der Waals surface area contributed by atoms with E-state index in [1.54, 1.807) is 0 Å². The van der Waals surface area contributed by atoms with Gasteiger partial charge in [-0.25, -0.2) is 4.79 Å². The Morgan fingerprint density at radius 2 is 1.95 bits per heavy atom. The average Bonchev–Trinajstić information content (AvgIpc) is 2.31. The summed E-state index contributed by atoms with van der Waals surface area (Å²) in [6.45, 7) is 13.6. The first-order chi connectivity index (χ1) is 9.14. The summed E-state index contributed by atoms with van der Waals surface area (Å²) >= 11 is 2.38. The lowest BCUT2D eigenvalue weighted by Gasteiger charge is -2.39. The third-order valence-electron chi connectivity index (χ3n) is 3.64. The van der Waals surface area contributed by atoms with Crippen molar-refractivity contribution in [2.75, 3.05) is 11.0 Å². The number of hydrogen-bond donors (Lipinski definition) is 0. The van der Waals surface area contributed by atoms with Gasteiger partial charge in [0.2, 0.25) is 0 Å². The summed E-state index contributed by atoms with van der Waals surface area (Å²) in [5.74, 6) is -0.260. The van der Waals surface area contributed by atoms with Gasteiger partial charge in [-0.3, -0.25) is 0 Å². The maximum Gasteiger partial charge on any atom is 0.330 e. The number of carbonyl (C=O) groups excluding carboxylic acids is 1. The second-order valence-corrected chi connectivity index (χ2v) is 12.0. The SMILES string of the molecule is CCOC(=O)/C=C/CCC(CI)O[Si](C)(C)C(C)(C)C. The molecule has 20 heavy (non-hydrogen) atoms. The molecular formula is C15H29IO3Si. The van der Waals surface area contributed by atoms with Crippen LogP contribution in [-0.2, 0) is 14.0 Å². The van der Waals surface area contributed by atoms with Crippen molar-refractivity contribution in [2.45, 2.75) is 64.8 Å². The van der Waals surface area contributed by atoms with Crippen molar-refractivity contribution in [3.63, 3.8) is 0 Å². The largest absolute Gasteiger partial charge is 0.463 e. The Labute approximate surface area is 138 Å². The van der Waals surface area contributed by atoms with E-state index < -0.39 is 8.32 Å². The highest BCUT2D eigenvalue weighted by Crippen LogP contribution is 2.37. The van der Waals surface area contributed by atoms with E-state index in [0.29, 0.717) is 6.61 Å². The molecule has 0 aliphatic rings. The fraction of sp³-hybridized carbons (Fsp3) is 0.800. The molecule has 0 aliphatic carbocycles. The molecule has 0 N–H and O–H groups in total. The molecule has 0 rings (SSSR count). The van der Waals surface area contributed by atoms with Crippen LogP contribution < -0.4 is 0 Å². The second kappa shape index (κ2) is 9.20. The van der Waals surface area contributed by atoms with Gasteiger partial charge in [-0.1, -0.05) is 49.4 Å². The maximum atomic E-state index is 11.2. The van der Waals surface area contributed by atoms with Gasteiger partial charge in [-0.05, 0) is 37.9 Å². The van der Waals surface area contributed by atoms with Crippen LogP contribution in [0.25, 0.3) is 0 Å². The zero-order valence-electron chi connectivity index (χ0n) is 13.7. The molecule has 0 fully saturated rings. The monoisotopic (exact) mass is 412 g/mol. The van der Waals surface area contributed by atoms with Gasteiger partial charge in [0.25, 0.3) is 0 Å². The number of allylic oxidation sites excluding steroid dienone is 1. The third kappa shape index (κ3) is 7.78. The number of halogens is 1. The molecule has 118 valence electrons. The van der Waals surface area contributed by atoms with Crippen molar-refractivity contribution in [3.8, 4) is 0 Å². The molecule has 0 radical (unpaired) electrons. The van der Waals surface area contributed by atoms with Crippen LogP contribution in [0, 0.1) is 0 Å². The van der Waals surface area contributed by atoms with Crippen molar-refractivity contribution >= 4 is 36.9 Å². The molecule has 0 aromatic carbocycles. The molecule has 0 spiro atoms. The van der Waals surface area contributed by atoms with E-state index in [2.05, 4.69) is 56.5 Å². The van der Waals surface area contributed by atoms with Gasteiger partial charge < -0.3 is 9.16 Å². The fourth-order valence-corrected chi connectivity index (χ4v) is 3.76. The van der Waals surface area contributed by atoms with Crippen LogP contribution in [0.3, 0.4) is 0 Å². The number of rotatable bonds is 8. The van der Waals surface area contributed by atoms with Crippen molar-refractivity contribution < 1.29 is 14.0 Å². The number of alkyl halides is 1. The van der Waals surface area contributed by atoms with E-state index >= 15 is 0 Å². The van der Waals surface area contributed by atoms with Crippen LogP contribution in [0.2, 0.25) is 18.1 Å². The summed E-state index contributed by atoms with van der Waals surface area (Å²) in [6, 6.07) is 0. The molecule has 0 bridgehead atoms. The van der Waals surface area contributed by atoms with Gasteiger partial charge in [-0.15, -0.1) is 0 Å². The minimum Gasteiger partial charge on any atom is -0.463 e. The Balaban J connectivity index is 4.27. The lowest BCUT2D eigenvalue weighted by Crippen LogP contribution is -2.44. The predicted octanol–water partition coefficient (Wildman–Crippen LogP) is 4.71. The van der Waals surface area contributed by atoms with Crippen LogP contribution in [0.5, 0.6) is 0 Å². The quantitative estimate of drug-likeness (QED) is 0.190. The lowest BCUT2D eigenvalue weighted by atomic mass is 10.2. The number of hydrogen-bond acceptors (Lipinski definition) is 3. The molecule has 5 heteroatoms. The Bertz CT molecular complexity index is 322. The predicted molar refractivity (Wildman–Crippen MR) is 96.0 cm³/mol. The molecule has 0 aromatic heterocycles. The summed E-state index contributed by atoms with van der Waals surface area (Å²) in [4.78, 5) is 11.2. The van der Waals surface area contributed by atoms with Gasteiger partial charge in [0, 0.05) is 10.5 Å². The topological polar surface area (TPSA) is 35.5 Å². The van der Waals surface area contributed by atoms with Gasteiger partial charge in [0.1, 0.15) is 0 Å². The summed E-state index contributed by atoms with van der Waals surface area (Å²) < 4.78 is 12.2. The van der Waals surface area contributed by atoms with Gasteiger partial charge >= 0.3 is 5.97 Å². The van der Waals surface area contributed by atoms with E-state index in [0.717, 1.165) is 17.3 Å². The third-order valence-corrected chi connectivity index (χ3v) is 9.15. The highest BCUT2D eigenvalue weighted by Gasteiger charge is 2.38. The molecule has 0 saturated heterocycles. The minimum absolute atomic E-state index is 0.234. The molecule has 1 atom stereocenters. The van der Waals surface area contributed by atoms with Crippen molar-refractivity contribution in [1.82, 2.24) is 0 Å². The van der Waals surface area contributed by atoms with Crippen molar-refractivity contribution in [3.05, 3.63) is 12.2 Å². The highest BCUT2D eigenvalue weighted by atomic mass is 127. The number of carbonyl (C=O) groups is 1. The summed E-state index contributed by atoms with van der Waals surface area (Å²) in [6.07, 6.45) is 5.46. The van der Waals surface area contributed by atoms with Gasteiger partial charge in [0.15, 0.2) is 8.32 Å². The Hall–Kier alpha value is 0.117. The number of esters is 1. The zero-order valence-corrected chi connectivity index (χ0v) is 16.8. The molecular weight excluding hydrogens is 383 g/mol. The molecule has 0 heterocycles. The minimum atomic E-state index is -1.70. The van der Waals surface area contributed by atoms with E-state index in [-0.39, 0.29) is 17.1 Å². The Morgan fingerprint density at radius 3 is 2.40 bits per heavy atom. The van der Waals surface area contributed by atoms with Crippen LogP contribution in [-0.4, -0.2) is 31.4 Å². The van der Waals surface area contributed by atoms with E-state index in [1.165, 1.54) is 6.08 Å². The molecule has 0 aromatic rings. The Kier molecular flexibility index (Phi) is 9.25. The highest BCUT2D eigenvalue weighted by molar-refractivity contribution is 14.1. The first-order valence-electron chi connectivity index (χ1n) is 7.21. The lowest BCUT2D eigenvalue weighted by molar-refractivity contribution is -0.137. The summed E-state index contributed by atoms with van der Waals surface area (Å²) in [5.41, 5.74) is 0. The van der Waals surface area contributed by atoms with Crippen LogP contribution in [0.1, 0.15) is 40.5 Å². The average molecular weight is 412 g/mol. The van der Waals surface area contributed by atoms with Crippen LogP contribution in [0.15, 0.2) is 12.2 Å². The molecule has 0 amide bonds. The van der Waals surface area contributed by atoms with E-state index in [1.807, 2.05) is 13.0 Å². The standard InChI is InChI=1S/C15H29IO3Si/c1-7-18-14(17)11-9-8-10-13(12-16)19-20(5,6)15(2,3)4/h9,11,13H,7-8,10,12H2,1-6H3/b11-9+. The van der Waals surface area contributed by atoms with Gasteiger partial charge in [0.05, 0.1) is 12.7 Å². The fourth-order valence-electron chi connectivity index (χ4n) is 1.41. The molecule has 0 aliphatic heterocycles. The van der Waals surface area contributed by atoms with E-state index in [4.69, 9.17) is 9.16 Å². The van der Waals surface area contributed by atoms with Crippen molar-refractivity contribution in [1.29, 1.82) is 0 Å². The molecule has 3 nitrogen and oxygen atoms in total. The van der Waals surface area contributed by atoms with Crippen molar-refractivity contribution in [2.24, 2.45) is 0 Å².